The lowest BCUT2D eigenvalue weighted by Crippen LogP contribution is -2.29. The summed E-state index contributed by atoms with van der Waals surface area (Å²) < 4.78 is 36.1. The zero-order valence-corrected chi connectivity index (χ0v) is 19.1. The van der Waals surface area contributed by atoms with Crippen molar-refractivity contribution in [3.05, 3.63) is 45.5 Å². The summed E-state index contributed by atoms with van der Waals surface area (Å²) in [5.74, 6) is 0.0417. The first-order valence-corrected chi connectivity index (χ1v) is 12.0. The van der Waals surface area contributed by atoms with Crippen LogP contribution in [0.1, 0.15) is 25.3 Å². The number of nitrogens with two attached hydrogens (primary N) is 2. The molecule has 2 aromatic heterocycles. The van der Waals surface area contributed by atoms with E-state index >= 15 is 0 Å². The van der Waals surface area contributed by atoms with Crippen LogP contribution in [0.5, 0.6) is 0 Å². The van der Waals surface area contributed by atoms with Crippen LogP contribution in [0.15, 0.2) is 34.1 Å². The molecule has 17 heteroatoms. The number of hydrogen-bond acceptors (Lipinski definition) is 13. The van der Waals surface area contributed by atoms with Crippen molar-refractivity contribution in [2.75, 3.05) is 24.7 Å². The highest BCUT2D eigenvalue weighted by molar-refractivity contribution is 7.47. The third-order valence-electron chi connectivity index (χ3n) is 5.56. The fourth-order valence-corrected chi connectivity index (χ4v) is 4.80. The molecule has 4 rings (SSSR count). The molecule has 16 nitrogen and oxygen atoms in total. The van der Waals surface area contributed by atoms with E-state index in [0.717, 1.165) is 9.13 Å². The quantitative estimate of drug-likeness (QED) is 0.241. The predicted octanol–water partition coefficient (Wildman–Crippen LogP) is -1.90. The highest BCUT2D eigenvalue weighted by Crippen LogP contribution is 2.48. The Kier molecular flexibility index (Phi) is 7.35. The molecule has 3 unspecified atom stereocenters. The van der Waals surface area contributed by atoms with Crippen LogP contribution in [0, 0.1) is 0 Å². The van der Waals surface area contributed by atoms with Crippen molar-refractivity contribution >= 4 is 19.5 Å². The van der Waals surface area contributed by atoms with Gasteiger partial charge in [-0.3, -0.25) is 18.2 Å². The topological polar surface area (TPSA) is 236 Å². The molecular weight excluding hydrogens is 491 g/mol. The van der Waals surface area contributed by atoms with Crippen molar-refractivity contribution in [1.29, 1.82) is 0 Å². The fraction of sp³-hybridized carbons (Fsp3) is 0.556. The van der Waals surface area contributed by atoms with E-state index in [1.165, 1.54) is 24.5 Å². The number of aliphatic hydroxyl groups is 2. The van der Waals surface area contributed by atoms with E-state index < -0.39 is 69.3 Å². The fourth-order valence-electron chi connectivity index (χ4n) is 3.84. The van der Waals surface area contributed by atoms with Crippen LogP contribution >= 0.6 is 7.82 Å². The highest BCUT2D eigenvalue weighted by atomic mass is 31.2. The molecule has 2 aromatic rings. The first-order chi connectivity index (χ1) is 16.6. The molecule has 0 aromatic carbocycles. The van der Waals surface area contributed by atoms with Gasteiger partial charge in [-0.25, -0.2) is 14.2 Å². The van der Waals surface area contributed by atoms with E-state index in [1.54, 1.807) is 0 Å². The van der Waals surface area contributed by atoms with Crippen molar-refractivity contribution in [1.82, 2.24) is 19.1 Å². The van der Waals surface area contributed by atoms with Gasteiger partial charge in [-0.05, 0) is 12.1 Å². The van der Waals surface area contributed by atoms with Gasteiger partial charge >= 0.3 is 19.2 Å². The summed E-state index contributed by atoms with van der Waals surface area (Å²) in [5.41, 5.74) is 9.55. The summed E-state index contributed by atoms with van der Waals surface area (Å²) >= 11 is 0. The van der Waals surface area contributed by atoms with Gasteiger partial charge in [-0.15, -0.1) is 0 Å². The molecule has 7 atom stereocenters. The summed E-state index contributed by atoms with van der Waals surface area (Å²) in [7, 11) is -4.72. The van der Waals surface area contributed by atoms with E-state index in [-0.39, 0.29) is 24.5 Å². The molecule has 0 amide bonds. The predicted molar refractivity (Wildman–Crippen MR) is 117 cm³/mol. The summed E-state index contributed by atoms with van der Waals surface area (Å²) in [5, 5.41) is 19.8. The molecule has 0 aliphatic carbocycles. The van der Waals surface area contributed by atoms with Crippen molar-refractivity contribution < 1.29 is 38.2 Å². The van der Waals surface area contributed by atoms with Crippen molar-refractivity contribution in [3.8, 4) is 0 Å². The van der Waals surface area contributed by atoms with Gasteiger partial charge in [0.05, 0.1) is 19.3 Å². The van der Waals surface area contributed by atoms with E-state index in [0.29, 0.717) is 0 Å². The third-order valence-corrected chi connectivity index (χ3v) is 6.57. The van der Waals surface area contributed by atoms with Gasteiger partial charge in [0.15, 0.2) is 0 Å². The molecule has 35 heavy (non-hydrogen) atoms. The van der Waals surface area contributed by atoms with E-state index in [9.17, 15) is 29.3 Å². The molecule has 0 bridgehead atoms. The first-order valence-electron chi connectivity index (χ1n) is 10.5. The summed E-state index contributed by atoms with van der Waals surface area (Å²) in [6.07, 6.45) is -3.46. The number of nitrogens with zero attached hydrogens (tertiary/aromatic N) is 4. The lowest BCUT2D eigenvalue weighted by Gasteiger charge is -2.21. The Morgan fingerprint density at radius 3 is 2.11 bits per heavy atom. The smallest absolute Gasteiger partial charge is 0.394 e. The van der Waals surface area contributed by atoms with Gasteiger partial charge in [0.1, 0.15) is 42.4 Å². The van der Waals surface area contributed by atoms with Gasteiger partial charge in [0, 0.05) is 25.2 Å². The zero-order valence-electron chi connectivity index (χ0n) is 18.2. The minimum atomic E-state index is -4.72. The number of anilines is 2. The number of hydrogen-bond donors (Lipinski definition) is 5. The average Bonchev–Trinajstić information content (AvgIpc) is 3.34. The lowest BCUT2D eigenvalue weighted by molar-refractivity contribution is -0.0575. The second-order valence-corrected chi connectivity index (χ2v) is 9.38. The summed E-state index contributed by atoms with van der Waals surface area (Å²) in [6, 6.07) is 2.77. The highest BCUT2D eigenvalue weighted by Gasteiger charge is 2.43. The molecule has 4 heterocycles. The number of aliphatic hydroxyl groups excluding tert-OH is 2. The van der Waals surface area contributed by atoms with Gasteiger partial charge in [-0.1, -0.05) is 0 Å². The van der Waals surface area contributed by atoms with Crippen LogP contribution in [0.3, 0.4) is 0 Å². The number of rotatable bonds is 8. The number of nitrogen functional groups attached to an aromatic ring is 2. The SMILES string of the molecule is Nc1ccn([C@H]2CC(O)[C@@H](COP(=O)(O)OC3C[C@H](n4ccc(N)nc4=O)O[C@@H]3CO)O2)c(=O)n1. The Morgan fingerprint density at radius 2 is 1.57 bits per heavy atom. The van der Waals surface area contributed by atoms with Crippen LogP contribution in [-0.2, 0) is 23.1 Å². The zero-order chi connectivity index (χ0) is 25.3. The number of phosphoric acid groups is 1. The molecule has 7 N–H and O–H groups in total. The lowest BCUT2D eigenvalue weighted by atomic mass is 10.2. The minimum Gasteiger partial charge on any atom is -0.394 e. The Balaban J connectivity index is 1.36. The maximum Gasteiger partial charge on any atom is 0.472 e. The Bertz CT molecular complexity index is 1220. The van der Waals surface area contributed by atoms with Crippen LogP contribution in [-0.4, -0.2) is 71.8 Å². The monoisotopic (exact) mass is 516 g/mol. The number of ether oxygens (including phenoxy) is 2. The van der Waals surface area contributed by atoms with Crippen molar-refractivity contribution in [3.63, 3.8) is 0 Å². The Morgan fingerprint density at radius 1 is 1.03 bits per heavy atom. The van der Waals surface area contributed by atoms with Crippen LogP contribution in [0.25, 0.3) is 0 Å². The van der Waals surface area contributed by atoms with Crippen LogP contribution in [0.2, 0.25) is 0 Å². The minimum absolute atomic E-state index is 0.00519. The second kappa shape index (κ2) is 10.1. The number of aromatic nitrogens is 4. The van der Waals surface area contributed by atoms with Crippen LogP contribution < -0.4 is 22.8 Å². The van der Waals surface area contributed by atoms with Crippen molar-refractivity contribution in [2.45, 2.75) is 49.7 Å². The first kappa shape index (κ1) is 25.4. The molecule has 0 radical (unpaired) electrons. The third kappa shape index (κ3) is 5.76. The molecular formula is C18H25N6O10P. The van der Waals surface area contributed by atoms with Gasteiger partial charge in [0.25, 0.3) is 0 Å². The van der Waals surface area contributed by atoms with Crippen molar-refractivity contribution in [2.24, 2.45) is 0 Å². The second-order valence-electron chi connectivity index (χ2n) is 7.97. The molecule has 0 spiro atoms. The maximum absolute atomic E-state index is 12.6. The standard InChI is InChI=1S/C18H25N6O10P/c19-13-1-3-23(17(27)21-13)15-5-9(26)12(33-15)8-31-35(29,30)34-10-6-16(32-11(10)7-25)24-4-2-14(20)22-18(24)28/h1-4,9-12,15-16,25-26H,5-8H2,(H,29,30)(H2,19,21,27)(H2,20,22,28)/t9?,10?,11-,12-,15-,16-/m1/s1. The largest absolute Gasteiger partial charge is 0.472 e. The number of phosphoric ester groups is 1. The summed E-state index contributed by atoms with van der Waals surface area (Å²) in [4.78, 5) is 41.4. The molecule has 2 fully saturated rings. The van der Waals surface area contributed by atoms with E-state index in [4.69, 9.17) is 30.0 Å². The Labute approximate surface area is 197 Å². The van der Waals surface area contributed by atoms with Crippen LogP contribution in [0.4, 0.5) is 11.6 Å². The maximum atomic E-state index is 12.6. The van der Waals surface area contributed by atoms with Gasteiger partial charge in [0.2, 0.25) is 0 Å². The summed E-state index contributed by atoms with van der Waals surface area (Å²) in [6.45, 7) is -1.10. The molecule has 0 saturated carbocycles. The normalized spacial score (nSPS) is 30.4. The van der Waals surface area contributed by atoms with Gasteiger partial charge in [-0.2, -0.15) is 9.97 Å². The van der Waals surface area contributed by atoms with E-state index in [1.807, 2.05) is 0 Å². The molecule has 192 valence electrons. The molecule has 2 aliphatic heterocycles. The molecule has 2 aliphatic rings. The van der Waals surface area contributed by atoms with E-state index in [2.05, 4.69) is 9.97 Å². The van der Waals surface area contributed by atoms with Gasteiger partial charge < -0.3 is 36.0 Å². The average molecular weight is 516 g/mol. The molecule has 2 saturated heterocycles. The Hall–Kier alpha value is -2.69.